The summed E-state index contributed by atoms with van der Waals surface area (Å²) in [6.45, 7) is 8.83. The van der Waals surface area contributed by atoms with Gasteiger partial charge in [-0.3, -0.25) is 4.18 Å². The Kier molecular flexibility index (Phi) is 4.59. The molecule has 1 aliphatic heterocycles. The van der Waals surface area contributed by atoms with Gasteiger partial charge in [-0.05, 0) is 86.9 Å². The molecule has 0 radical (unpaired) electrons. The summed E-state index contributed by atoms with van der Waals surface area (Å²) in [5.41, 5.74) is 0.658. The van der Waals surface area contributed by atoms with Crippen molar-refractivity contribution >= 4 is 16.1 Å². The Morgan fingerprint density at radius 1 is 1.03 bits per heavy atom. The second-order valence-corrected chi connectivity index (χ2v) is 13.1. The van der Waals surface area contributed by atoms with E-state index in [0.717, 1.165) is 44.9 Å². The van der Waals surface area contributed by atoms with E-state index < -0.39 is 10.1 Å². The lowest BCUT2D eigenvalue weighted by Gasteiger charge is -2.61. The van der Waals surface area contributed by atoms with Gasteiger partial charge in [0.1, 0.15) is 5.60 Å². The van der Waals surface area contributed by atoms with Gasteiger partial charge in [0.2, 0.25) is 0 Å². The molecule has 4 saturated carbocycles. The van der Waals surface area contributed by atoms with Gasteiger partial charge in [0.15, 0.2) is 0 Å². The first kappa shape index (κ1) is 21.0. The highest BCUT2D eigenvalue weighted by molar-refractivity contribution is 7.86. The van der Waals surface area contributed by atoms with Crippen molar-refractivity contribution in [2.75, 3.05) is 6.26 Å². The average Bonchev–Trinajstić information content (AvgIpc) is 3.10. The van der Waals surface area contributed by atoms with Crippen molar-refractivity contribution in [1.29, 1.82) is 0 Å². The number of carbonyl (C=O) groups is 1. The predicted octanol–water partition coefficient (Wildman–Crippen LogP) is 4.62. The fourth-order valence-corrected chi connectivity index (χ4v) is 9.48. The molecule has 1 saturated heterocycles. The highest BCUT2D eigenvalue weighted by Gasteiger charge is 2.68. The van der Waals surface area contributed by atoms with Gasteiger partial charge in [-0.1, -0.05) is 20.4 Å². The van der Waals surface area contributed by atoms with Crippen LogP contribution in [-0.2, 0) is 23.8 Å². The van der Waals surface area contributed by atoms with Crippen LogP contribution in [0.5, 0.6) is 0 Å². The van der Waals surface area contributed by atoms with E-state index >= 15 is 0 Å². The molecule has 5 rings (SSSR count). The van der Waals surface area contributed by atoms with Crippen molar-refractivity contribution in [3.05, 3.63) is 12.2 Å². The Bertz CT molecular complexity index is 862. The largest absolute Gasteiger partial charge is 0.455 e. The summed E-state index contributed by atoms with van der Waals surface area (Å²) >= 11 is 0. The van der Waals surface area contributed by atoms with E-state index in [2.05, 4.69) is 20.4 Å². The molecule has 30 heavy (non-hydrogen) atoms. The van der Waals surface area contributed by atoms with Crippen LogP contribution in [0.3, 0.4) is 0 Å². The normalized spacial score (nSPS) is 50.7. The zero-order chi connectivity index (χ0) is 21.5. The van der Waals surface area contributed by atoms with Crippen molar-refractivity contribution in [3.63, 3.8) is 0 Å². The number of hydrogen-bond acceptors (Lipinski definition) is 5. The maximum atomic E-state index is 12.2. The van der Waals surface area contributed by atoms with Gasteiger partial charge in [-0.15, -0.1) is 0 Å². The number of fused-ring (bicyclic) bond motifs is 6. The molecule has 0 N–H and O–H groups in total. The summed E-state index contributed by atoms with van der Waals surface area (Å²) in [5, 5.41) is 0. The third kappa shape index (κ3) is 2.88. The third-order valence-corrected chi connectivity index (χ3v) is 10.9. The Morgan fingerprint density at radius 2 is 1.77 bits per heavy atom. The molecule has 4 aliphatic carbocycles. The number of rotatable bonds is 2. The van der Waals surface area contributed by atoms with Gasteiger partial charge in [0.05, 0.1) is 12.4 Å². The first-order valence-electron chi connectivity index (χ1n) is 11.8. The van der Waals surface area contributed by atoms with Crippen molar-refractivity contribution in [2.24, 2.45) is 34.5 Å². The summed E-state index contributed by atoms with van der Waals surface area (Å²) in [5.74, 6) is 2.34. The summed E-state index contributed by atoms with van der Waals surface area (Å²) in [4.78, 5) is 12.2. The lowest BCUT2D eigenvalue weighted by molar-refractivity contribution is -0.175. The van der Waals surface area contributed by atoms with Crippen molar-refractivity contribution in [3.8, 4) is 0 Å². The fourth-order valence-electron chi connectivity index (χ4n) is 8.81. The van der Waals surface area contributed by atoms with Crippen LogP contribution < -0.4 is 0 Å². The van der Waals surface area contributed by atoms with Gasteiger partial charge >= 0.3 is 5.97 Å². The molecule has 5 aliphatic rings. The van der Waals surface area contributed by atoms with Gasteiger partial charge in [0, 0.05) is 17.4 Å². The highest BCUT2D eigenvalue weighted by Crippen LogP contribution is 2.70. The molecule has 8 atom stereocenters. The summed E-state index contributed by atoms with van der Waals surface area (Å²) in [6, 6.07) is 0. The van der Waals surface area contributed by atoms with Crippen molar-refractivity contribution in [1.82, 2.24) is 0 Å². The topological polar surface area (TPSA) is 69.7 Å². The summed E-state index contributed by atoms with van der Waals surface area (Å²) in [7, 11) is -3.40. The van der Waals surface area contributed by atoms with Crippen LogP contribution in [0.15, 0.2) is 12.2 Å². The van der Waals surface area contributed by atoms with E-state index in [4.69, 9.17) is 8.92 Å². The minimum Gasteiger partial charge on any atom is -0.455 e. The predicted molar refractivity (Wildman–Crippen MR) is 114 cm³/mol. The Labute approximate surface area is 181 Å². The molecule has 0 bridgehead atoms. The lowest BCUT2D eigenvalue weighted by Crippen LogP contribution is -2.56. The maximum Gasteiger partial charge on any atom is 0.334 e. The summed E-state index contributed by atoms with van der Waals surface area (Å²) in [6.07, 6.45) is 11.3. The highest BCUT2D eigenvalue weighted by atomic mass is 32.2. The molecule has 0 amide bonds. The van der Waals surface area contributed by atoms with E-state index in [1.54, 1.807) is 0 Å². The smallest absolute Gasteiger partial charge is 0.334 e. The van der Waals surface area contributed by atoms with Crippen molar-refractivity contribution in [2.45, 2.75) is 89.8 Å². The van der Waals surface area contributed by atoms with E-state index in [-0.39, 0.29) is 28.5 Å². The van der Waals surface area contributed by atoms with Gasteiger partial charge in [0.25, 0.3) is 10.1 Å². The first-order chi connectivity index (χ1) is 14.0. The van der Waals surface area contributed by atoms with Crippen molar-refractivity contribution < 1.29 is 22.1 Å². The standard InChI is InChI=1S/C24H36O5S/c1-15-14-24(28-21(15)25)12-9-20-18-6-5-16-13-17(29-30(4,26)27)7-10-22(16,2)19(18)8-11-23(20,24)3/h16-20H,1,5-14H2,2-4H3. The minimum absolute atomic E-state index is 0.0586. The molecular weight excluding hydrogens is 400 g/mol. The molecule has 6 heteroatoms. The third-order valence-electron chi connectivity index (χ3n) is 10.3. The molecule has 5 fully saturated rings. The quantitative estimate of drug-likeness (QED) is 0.359. The Morgan fingerprint density at radius 3 is 2.43 bits per heavy atom. The van der Waals surface area contributed by atoms with Gasteiger partial charge in [-0.25, -0.2) is 4.79 Å². The Hall–Kier alpha value is -0.880. The maximum absolute atomic E-state index is 12.2. The summed E-state index contributed by atoms with van der Waals surface area (Å²) < 4.78 is 34.7. The second-order valence-electron chi connectivity index (χ2n) is 11.5. The first-order valence-corrected chi connectivity index (χ1v) is 13.6. The van der Waals surface area contributed by atoms with E-state index in [1.807, 2.05) is 0 Å². The van der Waals surface area contributed by atoms with Gasteiger partial charge < -0.3 is 4.74 Å². The zero-order valence-electron chi connectivity index (χ0n) is 18.6. The number of carbonyl (C=O) groups excluding carboxylic acids is 1. The van der Waals surface area contributed by atoms with Crippen LogP contribution in [0.25, 0.3) is 0 Å². The van der Waals surface area contributed by atoms with E-state index in [9.17, 15) is 13.2 Å². The number of hydrogen-bond donors (Lipinski definition) is 0. The van der Waals surface area contributed by atoms with E-state index in [0.29, 0.717) is 35.7 Å². The Balaban J connectivity index is 1.37. The zero-order valence-corrected chi connectivity index (χ0v) is 19.4. The van der Waals surface area contributed by atoms with Crippen LogP contribution in [0, 0.1) is 34.5 Å². The van der Waals surface area contributed by atoms with Crippen LogP contribution in [0.4, 0.5) is 0 Å². The molecule has 8 unspecified atom stereocenters. The molecular formula is C24H36O5S. The van der Waals surface area contributed by atoms with Gasteiger partial charge in [-0.2, -0.15) is 8.42 Å². The average molecular weight is 437 g/mol. The number of ether oxygens (including phenoxy) is 1. The fraction of sp³-hybridized carbons (Fsp3) is 0.875. The molecule has 5 nitrogen and oxygen atoms in total. The minimum atomic E-state index is -3.40. The molecule has 168 valence electrons. The van der Waals surface area contributed by atoms with Crippen LogP contribution in [-0.4, -0.2) is 32.3 Å². The van der Waals surface area contributed by atoms with E-state index in [1.165, 1.54) is 19.1 Å². The SMILES string of the molecule is C=C1CC2(CCC3C4CCC5CC(OS(C)(=O)=O)CCC5(C)C4CCC32C)OC1=O. The lowest BCUT2D eigenvalue weighted by atomic mass is 9.44. The molecule has 0 aromatic heterocycles. The molecule has 1 heterocycles. The second kappa shape index (κ2) is 6.57. The van der Waals surface area contributed by atoms with Crippen LogP contribution in [0.1, 0.15) is 78.1 Å². The van der Waals surface area contributed by atoms with Crippen LogP contribution in [0.2, 0.25) is 0 Å². The molecule has 0 aromatic carbocycles. The molecule has 0 aromatic rings. The number of esters is 1. The van der Waals surface area contributed by atoms with Crippen LogP contribution >= 0.6 is 0 Å². The monoisotopic (exact) mass is 436 g/mol. The molecule has 1 spiro atoms.